The fraction of sp³-hybridized carbons (Fsp3) is 0.611. The molecule has 0 spiro atoms. The molecular weight excluding hydrogens is 345 g/mol. The lowest BCUT2D eigenvalue weighted by molar-refractivity contribution is -0.132. The number of para-hydroxylation sites is 1. The number of rotatable bonds is 7. The predicted molar refractivity (Wildman–Crippen MR) is 107 cm³/mol. The number of benzene rings is 1. The van der Waals surface area contributed by atoms with Crippen LogP contribution in [0.15, 0.2) is 24.3 Å². The van der Waals surface area contributed by atoms with Crippen LogP contribution < -0.4 is 10.6 Å². The predicted octanol–water partition coefficient (Wildman–Crippen LogP) is 3.49. The minimum absolute atomic E-state index is 0. The summed E-state index contributed by atoms with van der Waals surface area (Å²) in [6.45, 7) is 5.73. The van der Waals surface area contributed by atoms with Crippen molar-refractivity contribution in [3.8, 4) is 0 Å². The Balaban J connectivity index is 0.00000264. The van der Waals surface area contributed by atoms with Crippen molar-refractivity contribution in [3.63, 3.8) is 0 Å². The zero-order chi connectivity index (χ0) is 15.8. The molecule has 0 bridgehead atoms. The highest BCUT2D eigenvalue weighted by molar-refractivity contribution is 5.85. The standard InChI is InChI=1S/C18H29N3O.2ClH/c1-15-5-3-4-6-17(15)20-12-8-18(22)21-13-9-16(10-14-21)7-11-19-2;;/h3-6,16,19-20H,7-14H2,1-2H3;2*1H. The van der Waals surface area contributed by atoms with E-state index in [1.165, 1.54) is 12.0 Å². The number of aryl methyl sites for hydroxylation is 1. The summed E-state index contributed by atoms with van der Waals surface area (Å²) >= 11 is 0. The van der Waals surface area contributed by atoms with Crippen LogP contribution in [0.1, 0.15) is 31.2 Å². The van der Waals surface area contributed by atoms with E-state index in [0.29, 0.717) is 13.0 Å². The number of hydrogen-bond donors (Lipinski definition) is 2. The Morgan fingerprint density at radius 2 is 1.83 bits per heavy atom. The molecule has 6 heteroatoms. The van der Waals surface area contributed by atoms with Gasteiger partial charge < -0.3 is 15.5 Å². The summed E-state index contributed by atoms with van der Waals surface area (Å²) in [6, 6.07) is 8.20. The summed E-state index contributed by atoms with van der Waals surface area (Å²) in [4.78, 5) is 14.3. The number of piperidine rings is 1. The van der Waals surface area contributed by atoms with E-state index in [9.17, 15) is 4.79 Å². The molecule has 0 unspecified atom stereocenters. The molecule has 0 aromatic heterocycles. The molecule has 4 nitrogen and oxygen atoms in total. The Morgan fingerprint density at radius 1 is 1.17 bits per heavy atom. The topological polar surface area (TPSA) is 44.4 Å². The Morgan fingerprint density at radius 3 is 2.46 bits per heavy atom. The number of likely N-dealkylation sites (tertiary alicyclic amines) is 1. The summed E-state index contributed by atoms with van der Waals surface area (Å²) in [5, 5.41) is 6.57. The van der Waals surface area contributed by atoms with Crippen LogP contribution >= 0.6 is 24.8 Å². The maximum absolute atomic E-state index is 12.3. The van der Waals surface area contributed by atoms with Crippen molar-refractivity contribution in [2.75, 3.05) is 38.5 Å². The van der Waals surface area contributed by atoms with Gasteiger partial charge in [-0.1, -0.05) is 18.2 Å². The van der Waals surface area contributed by atoms with Crippen molar-refractivity contribution in [1.82, 2.24) is 10.2 Å². The molecule has 0 aliphatic carbocycles. The van der Waals surface area contributed by atoms with E-state index in [2.05, 4.69) is 29.7 Å². The molecule has 1 aliphatic rings. The highest BCUT2D eigenvalue weighted by Crippen LogP contribution is 2.20. The van der Waals surface area contributed by atoms with Crippen LogP contribution in [0.5, 0.6) is 0 Å². The number of hydrogen-bond acceptors (Lipinski definition) is 3. The van der Waals surface area contributed by atoms with Gasteiger partial charge in [0.1, 0.15) is 0 Å². The first-order chi connectivity index (χ1) is 10.7. The second kappa shape index (κ2) is 12.4. The van der Waals surface area contributed by atoms with Crippen molar-refractivity contribution in [2.45, 2.75) is 32.6 Å². The smallest absolute Gasteiger partial charge is 0.224 e. The fourth-order valence-electron chi connectivity index (χ4n) is 3.05. The summed E-state index contributed by atoms with van der Waals surface area (Å²) in [5.41, 5.74) is 2.35. The van der Waals surface area contributed by atoms with Crippen molar-refractivity contribution >= 4 is 36.4 Å². The summed E-state index contributed by atoms with van der Waals surface area (Å²) in [5.74, 6) is 1.06. The normalized spacial score (nSPS) is 14.5. The van der Waals surface area contributed by atoms with Crippen LogP contribution in [-0.4, -0.2) is 44.0 Å². The Kier molecular flexibility index (Phi) is 11.9. The quantitative estimate of drug-likeness (QED) is 0.766. The van der Waals surface area contributed by atoms with Crippen LogP contribution in [0.25, 0.3) is 0 Å². The van der Waals surface area contributed by atoms with E-state index in [1.807, 2.05) is 24.1 Å². The highest BCUT2D eigenvalue weighted by atomic mass is 35.5. The molecule has 1 aliphatic heterocycles. The third-order valence-corrected chi connectivity index (χ3v) is 4.57. The molecule has 1 fully saturated rings. The maximum atomic E-state index is 12.3. The van der Waals surface area contributed by atoms with Gasteiger partial charge in [-0.15, -0.1) is 24.8 Å². The number of carbonyl (C=O) groups is 1. The molecule has 2 rings (SSSR count). The largest absolute Gasteiger partial charge is 0.384 e. The number of anilines is 1. The third-order valence-electron chi connectivity index (χ3n) is 4.57. The number of nitrogens with zero attached hydrogens (tertiary/aromatic N) is 1. The van der Waals surface area contributed by atoms with Crippen LogP contribution in [-0.2, 0) is 4.79 Å². The molecule has 24 heavy (non-hydrogen) atoms. The van der Waals surface area contributed by atoms with Gasteiger partial charge in [0.15, 0.2) is 0 Å². The Hall–Kier alpha value is -0.970. The number of carbonyl (C=O) groups excluding carboxylic acids is 1. The van der Waals surface area contributed by atoms with Crippen LogP contribution in [0, 0.1) is 12.8 Å². The third kappa shape index (κ3) is 7.29. The van der Waals surface area contributed by atoms with E-state index < -0.39 is 0 Å². The van der Waals surface area contributed by atoms with E-state index in [0.717, 1.165) is 44.1 Å². The molecule has 138 valence electrons. The average molecular weight is 376 g/mol. The zero-order valence-corrected chi connectivity index (χ0v) is 16.3. The maximum Gasteiger partial charge on any atom is 0.224 e. The lowest BCUT2D eigenvalue weighted by Gasteiger charge is -2.32. The monoisotopic (exact) mass is 375 g/mol. The average Bonchev–Trinajstić information content (AvgIpc) is 2.55. The Bertz CT molecular complexity index is 477. The Labute approximate surface area is 158 Å². The highest BCUT2D eigenvalue weighted by Gasteiger charge is 2.21. The molecule has 0 radical (unpaired) electrons. The van der Waals surface area contributed by atoms with Gasteiger partial charge in [-0.2, -0.15) is 0 Å². The summed E-state index contributed by atoms with van der Waals surface area (Å²) in [7, 11) is 2.00. The van der Waals surface area contributed by atoms with E-state index in [1.54, 1.807) is 0 Å². The minimum atomic E-state index is 0. The lowest BCUT2D eigenvalue weighted by Crippen LogP contribution is -2.39. The van der Waals surface area contributed by atoms with Crippen molar-refractivity contribution in [3.05, 3.63) is 29.8 Å². The van der Waals surface area contributed by atoms with Gasteiger partial charge in [-0.05, 0) is 57.3 Å². The molecular formula is C18H31Cl2N3O. The number of nitrogens with one attached hydrogen (secondary N) is 2. The first-order valence-corrected chi connectivity index (χ1v) is 8.42. The van der Waals surface area contributed by atoms with Gasteiger partial charge in [0.2, 0.25) is 5.91 Å². The summed E-state index contributed by atoms with van der Waals surface area (Å²) in [6.07, 6.45) is 4.11. The van der Waals surface area contributed by atoms with E-state index >= 15 is 0 Å². The molecule has 1 aromatic carbocycles. The minimum Gasteiger partial charge on any atom is -0.384 e. The van der Waals surface area contributed by atoms with Crippen LogP contribution in [0.3, 0.4) is 0 Å². The SMILES string of the molecule is CNCCC1CCN(C(=O)CCNc2ccccc2C)CC1.Cl.Cl. The van der Waals surface area contributed by atoms with Gasteiger partial charge in [0, 0.05) is 31.7 Å². The molecule has 1 amide bonds. The lowest BCUT2D eigenvalue weighted by atomic mass is 9.93. The van der Waals surface area contributed by atoms with Gasteiger partial charge in [-0.25, -0.2) is 0 Å². The van der Waals surface area contributed by atoms with E-state index in [-0.39, 0.29) is 30.7 Å². The number of amides is 1. The van der Waals surface area contributed by atoms with Crippen molar-refractivity contribution in [2.24, 2.45) is 5.92 Å². The summed E-state index contributed by atoms with van der Waals surface area (Å²) < 4.78 is 0. The molecule has 1 heterocycles. The second-order valence-corrected chi connectivity index (χ2v) is 6.21. The first kappa shape index (κ1) is 23.0. The van der Waals surface area contributed by atoms with Gasteiger partial charge in [0.05, 0.1) is 0 Å². The molecule has 0 atom stereocenters. The molecule has 1 saturated heterocycles. The molecule has 0 saturated carbocycles. The van der Waals surface area contributed by atoms with Gasteiger partial charge >= 0.3 is 0 Å². The van der Waals surface area contributed by atoms with E-state index in [4.69, 9.17) is 0 Å². The molecule has 2 N–H and O–H groups in total. The van der Waals surface area contributed by atoms with Crippen molar-refractivity contribution < 1.29 is 4.79 Å². The van der Waals surface area contributed by atoms with Gasteiger partial charge in [0.25, 0.3) is 0 Å². The first-order valence-electron chi connectivity index (χ1n) is 8.42. The number of halogens is 2. The van der Waals surface area contributed by atoms with Gasteiger partial charge in [-0.3, -0.25) is 4.79 Å². The molecule has 1 aromatic rings. The second-order valence-electron chi connectivity index (χ2n) is 6.21. The van der Waals surface area contributed by atoms with Crippen molar-refractivity contribution in [1.29, 1.82) is 0 Å². The van der Waals surface area contributed by atoms with Crippen LogP contribution in [0.2, 0.25) is 0 Å². The van der Waals surface area contributed by atoms with Crippen LogP contribution in [0.4, 0.5) is 5.69 Å². The zero-order valence-electron chi connectivity index (χ0n) is 14.7. The fourth-order valence-corrected chi connectivity index (χ4v) is 3.05.